The monoisotopic (exact) mass is 435 g/mol. The maximum Gasteiger partial charge on any atom is 0.243 e. The first-order valence-electron chi connectivity index (χ1n) is 10.2. The van der Waals surface area contributed by atoms with Crippen LogP contribution in [0, 0.1) is 11.8 Å². The lowest BCUT2D eigenvalue weighted by molar-refractivity contribution is -0.120. The van der Waals surface area contributed by atoms with Crippen LogP contribution in [0.25, 0.3) is 11.3 Å². The zero-order chi connectivity index (χ0) is 21.0. The number of nitrogens with zero attached hydrogens (tertiary/aromatic N) is 2. The molecule has 6 nitrogen and oxygen atoms in total. The second-order valence-corrected chi connectivity index (χ2v) is 10.4. The quantitative estimate of drug-likeness (QED) is 0.689. The smallest absolute Gasteiger partial charge is 0.243 e. The first kappa shape index (κ1) is 21.9. The number of carbonyl (C=O) groups is 1. The number of hydrogen-bond donors (Lipinski definition) is 1. The summed E-state index contributed by atoms with van der Waals surface area (Å²) in [5, 5.41) is 5.32. The van der Waals surface area contributed by atoms with Crippen LogP contribution >= 0.6 is 11.3 Å². The molecule has 0 bridgehead atoms. The van der Waals surface area contributed by atoms with Crippen LogP contribution < -0.4 is 5.32 Å². The lowest BCUT2D eigenvalue weighted by atomic mass is 10.0. The van der Waals surface area contributed by atoms with E-state index >= 15 is 0 Å². The topological polar surface area (TPSA) is 79.4 Å². The molecule has 0 saturated carbocycles. The number of hydrogen-bond acceptors (Lipinski definition) is 5. The van der Waals surface area contributed by atoms with Crippen molar-refractivity contribution in [1.82, 2.24) is 9.29 Å². The van der Waals surface area contributed by atoms with Crippen LogP contribution in [0.4, 0.5) is 5.13 Å². The van der Waals surface area contributed by atoms with Gasteiger partial charge in [0.1, 0.15) is 0 Å². The van der Waals surface area contributed by atoms with Gasteiger partial charge in [-0.25, -0.2) is 13.4 Å². The highest BCUT2D eigenvalue weighted by molar-refractivity contribution is 7.89. The number of sulfonamides is 1. The largest absolute Gasteiger partial charge is 0.302 e. The Kier molecular flexibility index (Phi) is 7.08. The molecule has 0 aliphatic carbocycles. The minimum Gasteiger partial charge on any atom is -0.302 e. The van der Waals surface area contributed by atoms with Crippen molar-refractivity contribution in [1.29, 1.82) is 0 Å². The number of amides is 1. The molecule has 0 spiro atoms. The van der Waals surface area contributed by atoms with E-state index in [-0.39, 0.29) is 11.8 Å². The molecule has 2 aromatic rings. The van der Waals surface area contributed by atoms with Crippen LogP contribution in [0.2, 0.25) is 0 Å². The van der Waals surface area contributed by atoms with Gasteiger partial charge in [-0.05, 0) is 43.7 Å². The standard InChI is InChI=1S/C21H29N3O3S2/c1-4-16(5-2)20(25)23-21-22-19(14-28-21)17-6-8-18(9-7-17)29(26,27)24-12-10-15(3)11-13-24/h6-9,14-16H,4-5,10-13H2,1-3H3,(H,22,23,25). The van der Waals surface area contributed by atoms with Crippen LogP contribution in [0.5, 0.6) is 0 Å². The van der Waals surface area contributed by atoms with Gasteiger partial charge in [-0.3, -0.25) is 4.79 Å². The van der Waals surface area contributed by atoms with Gasteiger partial charge in [0.25, 0.3) is 0 Å². The van der Waals surface area contributed by atoms with Crippen LogP contribution in [0.3, 0.4) is 0 Å². The third kappa shape index (κ3) is 5.05. The molecule has 0 atom stereocenters. The first-order chi connectivity index (χ1) is 13.8. The summed E-state index contributed by atoms with van der Waals surface area (Å²) in [6, 6.07) is 6.84. The SMILES string of the molecule is CCC(CC)C(=O)Nc1nc(-c2ccc(S(=O)(=O)N3CCC(C)CC3)cc2)cs1. The van der Waals surface area contributed by atoms with E-state index in [2.05, 4.69) is 17.2 Å². The van der Waals surface area contributed by atoms with Crippen LogP contribution in [-0.4, -0.2) is 36.7 Å². The molecule has 1 saturated heterocycles. The Labute approximate surface area is 177 Å². The molecule has 2 heterocycles. The Hall–Kier alpha value is -1.77. The maximum atomic E-state index is 12.9. The highest BCUT2D eigenvalue weighted by Crippen LogP contribution is 2.28. The van der Waals surface area contributed by atoms with Crippen molar-refractivity contribution in [3.05, 3.63) is 29.6 Å². The summed E-state index contributed by atoms with van der Waals surface area (Å²) in [6.45, 7) is 7.32. The van der Waals surface area contributed by atoms with E-state index in [1.165, 1.54) is 11.3 Å². The molecule has 1 aliphatic heterocycles. The molecule has 0 unspecified atom stereocenters. The van der Waals surface area contributed by atoms with Gasteiger partial charge < -0.3 is 5.32 Å². The van der Waals surface area contributed by atoms with Crippen molar-refractivity contribution in [3.63, 3.8) is 0 Å². The number of carbonyl (C=O) groups excluding carboxylic acids is 1. The van der Waals surface area contributed by atoms with Crippen LogP contribution in [0.1, 0.15) is 46.5 Å². The lowest BCUT2D eigenvalue weighted by Crippen LogP contribution is -2.37. The average Bonchev–Trinajstić information content (AvgIpc) is 3.18. The molecule has 1 N–H and O–H groups in total. The van der Waals surface area contributed by atoms with Gasteiger partial charge in [-0.2, -0.15) is 4.31 Å². The van der Waals surface area contributed by atoms with Gasteiger partial charge in [0.05, 0.1) is 10.6 Å². The Morgan fingerprint density at radius 2 is 1.83 bits per heavy atom. The second-order valence-electron chi connectivity index (χ2n) is 7.65. The van der Waals surface area contributed by atoms with E-state index in [1.807, 2.05) is 19.2 Å². The number of piperidine rings is 1. The summed E-state index contributed by atoms with van der Waals surface area (Å²) in [4.78, 5) is 17.0. The van der Waals surface area contributed by atoms with E-state index in [4.69, 9.17) is 0 Å². The van der Waals surface area contributed by atoms with E-state index < -0.39 is 10.0 Å². The van der Waals surface area contributed by atoms with Crippen molar-refractivity contribution < 1.29 is 13.2 Å². The van der Waals surface area contributed by atoms with Crippen LogP contribution in [-0.2, 0) is 14.8 Å². The number of nitrogens with one attached hydrogen (secondary N) is 1. The van der Waals surface area contributed by atoms with Gasteiger partial charge in [0.2, 0.25) is 15.9 Å². The summed E-state index contributed by atoms with van der Waals surface area (Å²) >= 11 is 1.37. The second kappa shape index (κ2) is 9.36. The number of thiazole rings is 1. The molecule has 0 radical (unpaired) electrons. The van der Waals surface area contributed by atoms with Crippen LogP contribution in [0.15, 0.2) is 34.5 Å². The van der Waals surface area contributed by atoms with Crippen molar-refractivity contribution in [3.8, 4) is 11.3 Å². The highest BCUT2D eigenvalue weighted by Gasteiger charge is 2.28. The molecule has 8 heteroatoms. The lowest BCUT2D eigenvalue weighted by Gasteiger charge is -2.29. The maximum absolute atomic E-state index is 12.9. The first-order valence-corrected chi connectivity index (χ1v) is 12.5. The van der Waals surface area contributed by atoms with E-state index in [0.717, 1.165) is 36.9 Å². The molecule has 1 fully saturated rings. The average molecular weight is 436 g/mol. The summed E-state index contributed by atoms with van der Waals surface area (Å²) < 4.78 is 27.3. The Morgan fingerprint density at radius 3 is 2.41 bits per heavy atom. The van der Waals surface area contributed by atoms with Gasteiger partial charge in [0, 0.05) is 30.0 Å². The normalized spacial score (nSPS) is 16.3. The molecule has 1 amide bonds. The summed E-state index contributed by atoms with van der Waals surface area (Å²) in [5.74, 6) is 0.561. The van der Waals surface area contributed by atoms with Gasteiger partial charge in [0.15, 0.2) is 5.13 Å². The van der Waals surface area contributed by atoms with Crippen molar-refractivity contribution in [2.75, 3.05) is 18.4 Å². The molecule has 29 heavy (non-hydrogen) atoms. The van der Waals surface area contributed by atoms with E-state index in [9.17, 15) is 13.2 Å². The van der Waals surface area contributed by atoms with Crippen molar-refractivity contribution in [2.45, 2.75) is 51.3 Å². The fourth-order valence-electron chi connectivity index (χ4n) is 3.50. The molecular formula is C21H29N3O3S2. The Morgan fingerprint density at radius 1 is 1.21 bits per heavy atom. The molecule has 1 aromatic carbocycles. The summed E-state index contributed by atoms with van der Waals surface area (Å²) in [6.07, 6.45) is 3.40. The third-order valence-corrected chi connectivity index (χ3v) is 8.29. The zero-order valence-corrected chi connectivity index (χ0v) is 18.9. The van der Waals surface area contributed by atoms with Crippen molar-refractivity contribution in [2.24, 2.45) is 11.8 Å². The van der Waals surface area contributed by atoms with E-state index in [1.54, 1.807) is 28.6 Å². The number of anilines is 1. The Balaban J connectivity index is 1.71. The van der Waals surface area contributed by atoms with Crippen molar-refractivity contribution >= 4 is 32.4 Å². The predicted octanol–water partition coefficient (Wildman–Crippen LogP) is 4.61. The van der Waals surface area contributed by atoms with Gasteiger partial charge >= 0.3 is 0 Å². The minimum absolute atomic E-state index is 0.00630. The number of rotatable bonds is 7. The molecular weight excluding hydrogens is 406 g/mol. The molecule has 1 aliphatic rings. The van der Waals surface area contributed by atoms with Gasteiger partial charge in [-0.1, -0.05) is 32.9 Å². The van der Waals surface area contributed by atoms with Gasteiger partial charge in [-0.15, -0.1) is 11.3 Å². The summed E-state index contributed by atoms with van der Waals surface area (Å²) in [5.41, 5.74) is 1.56. The third-order valence-electron chi connectivity index (χ3n) is 5.62. The molecule has 1 aromatic heterocycles. The fourth-order valence-corrected chi connectivity index (χ4v) is 5.69. The number of benzene rings is 1. The molecule has 3 rings (SSSR count). The zero-order valence-electron chi connectivity index (χ0n) is 17.2. The van der Waals surface area contributed by atoms with E-state index in [0.29, 0.717) is 29.0 Å². The molecule has 158 valence electrons. The minimum atomic E-state index is -3.45. The predicted molar refractivity (Wildman–Crippen MR) is 117 cm³/mol. The fraction of sp³-hybridized carbons (Fsp3) is 0.524. The Bertz CT molecular complexity index is 926. The highest BCUT2D eigenvalue weighted by atomic mass is 32.2. The number of aromatic nitrogens is 1. The summed E-state index contributed by atoms with van der Waals surface area (Å²) in [7, 11) is -3.45.